The molecule has 2 aromatic carbocycles. The molecule has 0 aliphatic carbocycles. The Bertz CT molecular complexity index is 840. The highest BCUT2D eigenvalue weighted by molar-refractivity contribution is 6.33. The molecule has 2 aliphatic heterocycles. The Morgan fingerprint density at radius 1 is 1.11 bits per heavy atom. The van der Waals surface area contributed by atoms with E-state index in [0.29, 0.717) is 23.1 Å². The van der Waals surface area contributed by atoms with Crippen molar-refractivity contribution in [3.63, 3.8) is 0 Å². The zero-order chi connectivity index (χ0) is 18.6. The van der Waals surface area contributed by atoms with E-state index in [0.717, 1.165) is 50.4 Å². The van der Waals surface area contributed by atoms with E-state index >= 15 is 0 Å². The van der Waals surface area contributed by atoms with Crippen molar-refractivity contribution in [2.24, 2.45) is 10.9 Å². The summed E-state index contributed by atoms with van der Waals surface area (Å²) in [7, 11) is 0. The third-order valence-corrected chi connectivity index (χ3v) is 5.65. The smallest absolute Gasteiger partial charge is 0.255 e. The molecule has 0 unspecified atom stereocenters. The summed E-state index contributed by atoms with van der Waals surface area (Å²) >= 11 is 6.17. The summed E-state index contributed by atoms with van der Waals surface area (Å²) in [5.74, 6) is 1.40. The molecule has 0 radical (unpaired) electrons. The van der Waals surface area contributed by atoms with Crippen molar-refractivity contribution >= 4 is 23.4 Å². The predicted molar refractivity (Wildman–Crippen MR) is 108 cm³/mol. The van der Waals surface area contributed by atoms with Crippen LogP contribution in [0.15, 0.2) is 53.5 Å². The molecule has 2 aliphatic rings. The van der Waals surface area contributed by atoms with Crippen LogP contribution in [0, 0.1) is 5.92 Å². The Balaban J connectivity index is 1.32. The third-order valence-electron chi connectivity index (χ3n) is 5.32. The van der Waals surface area contributed by atoms with Crippen molar-refractivity contribution < 1.29 is 9.53 Å². The third kappa shape index (κ3) is 4.16. The summed E-state index contributed by atoms with van der Waals surface area (Å²) in [6.07, 6.45) is 3.09. The predicted octanol–water partition coefficient (Wildman–Crippen LogP) is 4.21. The average molecular weight is 383 g/mol. The van der Waals surface area contributed by atoms with E-state index in [-0.39, 0.29) is 5.91 Å². The molecule has 0 aromatic heterocycles. The first-order valence-electron chi connectivity index (χ1n) is 9.51. The number of amides is 1. The number of piperidine rings is 1. The number of ether oxygens (including phenoxy) is 1. The van der Waals surface area contributed by atoms with Crippen LogP contribution < -0.4 is 0 Å². The van der Waals surface area contributed by atoms with Crippen LogP contribution in [-0.4, -0.2) is 42.9 Å². The van der Waals surface area contributed by atoms with Gasteiger partial charge in [-0.3, -0.25) is 4.79 Å². The number of hydrogen-bond acceptors (Lipinski definition) is 3. The molecule has 4 rings (SSSR count). The van der Waals surface area contributed by atoms with Crippen molar-refractivity contribution in [3.05, 3.63) is 70.2 Å². The fourth-order valence-corrected chi connectivity index (χ4v) is 3.99. The SMILES string of the molecule is O=C(c1ccccc1Cl)N1CCC(Cc2ccc(C3=NCCO3)cc2)CC1. The van der Waals surface area contributed by atoms with Crippen LogP contribution in [0.5, 0.6) is 0 Å². The van der Waals surface area contributed by atoms with Gasteiger partial charge in [-0.25, -0.2) is 4.99 Å². The number of rotatable bonds is 4. The molecule has 1 fully saturated rings. The number of carbonyl (C=O) groups is 1. The van der Waals surface area contributed by atoms with Gasteiger partial charge in [0.2, 0.25) is 5.90 Å². The van der Waals surface area contributed by atoms with E-state index in [2.05, 4.69) is 29.3 Å². The normalized spacial score (nSPS) is 17.5. The lowest BCUT2D eigenvalue weighted by Crippen LogP contribution is -2.39. The molecule has 0 bridgehead atoms. The monoisotopic (exact) mass is 382 g/mol. The van der Waals surface area contributed by atoms with Gasteiger partial charge in [0.05, 0.1) is 17.1 Å². The maximum absolute atomic E-state index is 12.7. The van der Waals surface area contributed by atoms with Crippen LogP contribution in [0.1, 0.15) is 34.3 Å². The molecule has 4 nitrogen and oxygen atoms in total. The molecular formula is C22H23ClN2O2. The van der Waals surface area contributed by atoms with Gasteiger partial charge in [0.25, 0.3) is 5.91 Å². The Morgan fingerprint density at radius 3 is 2.52 bits per heavy atom. The van der Waals surface area contributed by atoms with Gasteiger partial charge in [0.1, 0.15) is 6.61 Å². The lowest BCUT2D eigenvalue weighted by Gasteiger charge is -2.32. The molecule has 0 N–H and O–H groups in total. The van der Waals surface area contributed by atoms with E-state index in [1.54, 1.807) is 12.1 Å². The van der Waals surface area contributed by atoms with Crippen molar-refractivity contribution in [2.45, 2.75) is 19.3 Å². The fraction of sp³-hybridized carbons (Fsp3) is 0.364. The molecule has 140 valence electrons. The van der Waals surface area contributed by atoms with Crippen molar-refractivity contribution in [1.29, 1.82) is 0 Å². The largest absolute Gasteiger partial charge is 0.476 e. The first-order chi connectivity index (χ1) is 13.2. The zero-order valence-electron chi connectivity index (χ0n) is 15.2. The van der Waals surface area contributed by atoms with Crippen LogP contribution in [0.25, 0.3) is 0 Å². The van der Waals surface area contributed by atoms with Crippen molar-refractivity contribution in [1.82, 2.24) is 4.90 Å². The molecule has 1 amide bonds. The molecule has 27 heavy (non-hydrogen) atoms. The highest BCUT2D eigenvalue weighted by atomic mass is 35.5. The summed E-state index contributed by atoms with van der Waals surface area (Å²) in [6, 6.07) is 15.8. The minimum absolute atomic E-state index is 0.0424. The van der Waals surface area contributed by atoms with Crippen LogP contribution in [-0.2, 0) is 11.2 Å². The van der Waals surface area contributed by atoms with E-state index in [4.69, 9.17) is 16.3 Å². The second-order valence-corrected chi connectivity index (χ2v) is 7.56. The molecule has 0 atom stereocenters. The number of likely N-dealkylation sites (tertiary alicyclic amines) is 1. The highest BCUT2D eigenvalue weighted by Crippen LogP contribution is 2.25. The number of nitrogens with zero attached hydrogens (tertiary/aromatic N) is 2. The summed E-state index contributed by atoms with van der Waals surface area (Å²) in [6.45, 7) is 3.01. The molecule has 0 saturated carbocycles. The number of benzene rings is 2. The fourth-order valence-electron chi connectivity index (χ4n) is 3.77. The molecule has 2 heterocycles. The van der Waals surface area contributed by atoms with Gasteiger partial charge in [-0.15, -0.1) is 0 Å². The standard InChI is InChI=1S/C22H23ClN2O2/c23-20-4-2-1-3-19(20)22(26)25-12-9-17(10-13-25)15-16-5-7-18(8-6-16)21-24-11-14-27-21/h1-8,17H,9-15H2. The Labute approximate surface area is 164 Å². The number of aliphatic imine (C=N–C) groups is 1. The van der Waals surface area contributed by atoms with Crippen LogP contribution >= 0.6 is 11.6 Å². The van der Waals surface area contributed by atoms with Gasteiger partial charge in [0.15, 0.2) is 0 Å². The van der Waals surface area contributed by atoms with Gasteiger partial charge in [0, 0.05) is 18.7 Å². The van der Waals surface area contributed by atoms with Gasteiger partial charge in [-0.05, 0) is 55.0 Å². The van der Waals surface area contributed by atoms with Crippen molar-refractivity contribution in [2.75, 3.05) is 26.2 Å². The van der Waals surface area contributed by atoms with Gasteiger partial charge < -0.3 is 9.64 Å². The second kappa shape index (κ2) is 8.13. The second-order valence-electron chi connectivity index (χ2n) is 7.15. The Morgan fingerprint density at radius 2 is 1.85 bits per heavy atom. The first-order valence-corrected chi connectivity index (χ1v) is 9.89. The van der Waals surface area contributed by atoms with Crippen LogP contribution in [0.2, 0.25) is 5.02 Å². The summed E-state index contributed by atoms with van der Waals surface area (Å²) in [5.41, 5.74) is 2.98. The molecule has 1 saturated heterocycles. The van der Waals surface area contributed by atoms with E-state index in [1.807, 2.05) is 17.0 Å². The maximum Gasteiger partial charge on any atom is 0.255 e. The Hall–Kier alpha value is -2.33. The topological polar surface area (TPSA) is 41.9 Å². The minimum Gasteiger partial charge on any atom is -0.476 e. The van der Waals surface area contributed by atoms with E-state index in [1.165, 1.54) is 5.56 Å². The number of halogens is 1. The van der Waals surface area contributed by atoms with Crippen LogP contribution in [0.3, 0.4) is 0 Å². The molecule has 5 heteroatoms. The minimum atomic E-state index is 0.0424. The summed E-state index contributed by atoms with van der Waals surface area (Å²) in [5, 5.41) is 0.528. The van der Waals surface area contributed by atoms with Crippen LogP contribution in [0.4, 0.5) is 0 Å². The quantitative estimate of drug-likeness (QED) is 0.794. The lowest BCUT2D eigenvalue weighted by molar-refractivity contribution is 0.0691. The lowest BCUT2D eigenvalue weighted by atomic mass is 9.89. The Kier molecular flexibility index (Phi) is 5.44. The van der Waals surface area contributed by atoms with Gasteiger partial charge >= 0.3 is 0 Å². The highest BCUT2D eigenvalue weighted by Gasteiger charge is 2.25. The molecule has 0 spiro atoms. The van der Waals surface area contributed by atoms with Crippen molar-refractivity contribution in [3.8, 4) is 0 Å². The number of hydrogen-bond donors (Lipinski definition) is 0. The number of carbonyl (C=O) groups excluding carboxylic acids is 1. The van der Waals surface area contributed by atoms with Gasteiger partial charge in [-0.1, -0.05) is 35.9 Å². The van der Waals surface area contributed by atoms with E-state index < -0.39 is 0 Å². The van der Waals surface area contributed by atoms with E-state index in [9.17, 15) is 4.79 Å². The maximum atomic E-state index is 12.7. The van der Waals surface area contributed by atoms with Gasteiger partial charge in [-0.2, -0.15) is 0 Å². The molecular weight excluding hydrogens is 360 g/mol. The average Bonchev–Trinajstić information content (AvgIpc) is 3.24. The summed E-state index contributed by atoms with van der Waals surface area (Å²) < 4.78 is 5.51. The first kappa shape index (κ1) is 18.1. The summed E-state index contributed by atoms with van der Waals surface area (Å²) in [4.78, 5) is 18.9. The zero-order valence-corrected chi connectivity index (χ0v) is 16.0. The molecule has 2 aromatic rings.